The van der Waals surface area contributed by atoms with Crippen LogP contribution in [-0.4, -0.2) is 32.3 Å². The number of aryl methyl sites for hydroxylation is 1. The van der Waals surface area contributed by atoms with Crippen molar-refractivity contribution in [3.63, 3.8) is 0 Å². The van der Waals surface area contributed by atoms with Gasteiger partial charge in [-0.15, -0.1) is 5.10 Å². The van der Waals surface area contributed by atoms with Crippen molar-refractivity contribution >= 4 is 5.91 Å². The summed E-state index contributed by atoms with van der Waals surface area (Å²) in [6.07, 6.45) is 2.43. The number of amides is 1. The zero-order chi connectivity index (χ0) is 17.4. The van der Waals surface area contributed by atoms with Crippen molar-refractivity contribution in [1.29, 1.82) is 0 Å². The Bertz CT molecular complexity index is 950. The summed E-state index contributed by atoms with van der Waals surface area (Å²) < 4.78 is 14.9. The Labute approximate surface area is 144 Å². The average molecular weight is 336 g/mol. The lowest BCUT2D eigenvalue weighted by atomic mass is 10.00. The molecule has 0 radical (unpaired) electrons. The number of hydrogen-bond acceptors (Lipinski definition) is 3. The van der Waals surface area contributed by atoms with E-state index in [4.69, 9.17) is 0 Å². The van der Waals surface area contributed by atoms with Gasteiger partial charge in [-0.2, -0.15) is 0 Å². The molecule has 6 heteroatoms. The molecule has 2 aromatic carbocycles. The van der Waals surface area contributed by atoms with Crippen molar-refractivity contribution in [1.82, 2.24) is 19.9 Å². The fourth-order valence-electron chi connectivity index (χ4n) is 3.09. The Morgan fingerprint density at radius 3 is 2.76 bits per heavy atom. The van der Waals surface area contributed by atoms with Gasteiger partial charge in [0.2, 0.25) is 0 Å². The van der Waals surface area contributed by atoms with Crippen LogP contribution in [0, 0.1) is 12.7 Å². The van der Waals surface area contributed by atoms with E-state index in [2.05, 4.69) is 16.4 Å². The normalized spacial score (nSPS) is 13.6. The number of aromatic nitrogens is 3. The quantitative estimate of drug-likeness (QED) is 0.723. The van der Waals surface area contributed by atoms with Crippen LogP contribution in [-0.2, 0) is 13.0 Å². The lowest BCUT2D eigenvalue weighted by molar-refractivity contribution is 0.0728. The Balaban J connectivity index is 1.56. The first-order chi connectivity index (χ1) is 12.1. The Morgan fingerprint density at radius 2 is 1.96 bits per heavy atom. The molecule has 1 amide bonds. The van der Waals surface area contributed by atoms with E-state index in [1.165, 1.54) is 21.9 Å². The number of rotatable bonds is 2. The number of fused-ring (bicyclic) bond motifs is 1. The third-order valence-corrected chi connectivity index (χ3v) is 4.54. The molecule has 0 N–H and O–H groups in total. The van der Waals surface area contributed by atoms with Crippen molar-refractivity contribution in [3.8, 4) is 5.69 Å². The van der Waals surface area contributed by atoms with Gasteiger partial charge in [0.1, 0.15) is 5.82 Å². The van der Waals surface area contributed by atoms with E-state index in [0.29, 0.717) is 30.0 Å². The van der Waals surface area contributed by atoms with Crippen LogP contribution in [0.2, 0.25) is 0 Å². The van der Waals surface area contributed by atoms with Crippen LogP contribution >= 0.6 is 0 Å². The van der Waals surface area contributed by atoms with Crippen molar-refractivity contribution in [2.24, 2.45) is 0 Å². The van der Waals surface area contributed by atoms with Crippen LogP contribution in [0.15, 0.2) is 48.7 Å². The number of nitrogens with zero attached hydrogens (tertiary/aromatic N) is 4. The fraction of sp³-hybridized carbons (Fsp3) is 0.211. The van der Waals surface area contributed by atoms with Gasteiger partial charge in [-0.05, 0) is 48.2 Å². The van der Waals surface area contributed by atoms with Crippen LogP contribution < -0.4 is 0 Å². The third-order valence-electron chi connectivity index (χ3n) is 4.54. The van der Waals surface area contributed by atoms with E-state index in [1.807, 2.05) is 18.2 Å². The van der Waals surface area contributed by atoms with Crippen LogP contribution in [0.3, 0.4) is 0 Å². The minimum Gasteiger partial charge on any atom is -0.333 e. The van der Waals surface area contributed by atoms with E-state index in [0.717, 1.165) is 6.42 Å². The lowest BCUT2D eigenvalue weighted by Crippen LogP contribution is -2.36. The molecule has 25 heavy (non-hydrogen) atoms. The van der Waals surface area contributed by atoms with Gasteiger partial charge in [0.05, 0.1) is 11.9 Å². The van der Waals surface area contributed by atoms with Crippen LogP contribution in [0.1, 0.15) is 27.2 Å². The highest BCUT2D eigenvalue weighted by Crippen LogP contribution is 2.20. The zero-order valence-electron chi connectivity index (χ0n) is 13.8. The Hall–Kier alpha value is -3.02. The van der Waals surface area contributed by atoms with Gasteiger partial charge in [0, 0.05) is 13.1 Å². The molecule has 1 aliphatic rings. The summed E-state index contributed by atoms with van der Waals surface area (Å²) in [6.45, 7) is 2.93. The van der Waals surface area contributed by atoms with Gasteiger partial charge in [-0.25, -0.2) is 9.07 Å². The molecule has 0 atom stereocenters. The molecule has 0 bridgehead atoms. The lowest BCUT2D eigenvalue weighted by Gasteiger charge is -2.28. The highest BCUT2D eigenvalue weighted by molar-refractivity contribution is 5.92. The second-order valence-electron chi connectivity index (χ2n) is 6.23. The van der Waals surface area contributed by atoms with Crippen LogP contribution in [0.4, 0.5) is 4.39 Å². The van der Waals surface area contributed by atoms with Gasteiger partial charge in [-0.1, -0.05) is 29.5 Å². The maximum absolute atomic E-state index is 13.4. The second kappa shape index (κ2) is 6.12. The molecule has 0 spiro atoms. The van der Waals surface area contributed by atoms with E-state index in [1.54, 1.807) is 30.2 Å². The minimum atomic E-state index is -0.271. The predicted molar refractivity (Wildman–Crippen MR) is 90.9 cm³/mol. The Morgan fingerprint density at radius 1 is 1.16 bits per heavy atom. The monoisotopic (exact) mass is 336 g/mol. The van der Waals surface area contributed by atoms with Crippen LogP contribution in [0.25, 0.3) is 5.69 Å². The largest absolute Gasteiger partial charge is 0.333 e. The van der Waals surface area contributed by atoms with Crippen molar-refractivity contribution < 1.29 is 9.18 Å². The van der Waals surface area contributed by atoms with E-state index in [9.17, 15) is 9.18 Å². The second-order valence-corrected chi connectivity index (χ2v) is 6.23. The molecule has 0 fully saturated rings. The molecule has 0 aliphatic carbocycles. The average Bonchev–Trinajstić information content (AvgIpc) is 3.13. The van der Waals surface area contributed by atoms with Crippen molar-refractivity contribution in [2.75, 3.05) is 6.54 Å². The van der Waals surface area contributed by atoms with Gasteiger partial charge in [0.25, 0.3) is 5.91 Å². The summed E-state index contributed by atoms with van der Waals surface area (Å²) in [5.74, 6) is -0.410. The molecule has 1 aliphatic heterocycles. The molecule has 0 saturated heterocycles. The minimum absolute atomic E-state index is 0.139. The number of halogens is 1. The molecule has 1 aromatic heterocycles. The van der Waals surface area contributed by atoms with Gasteiger partial charge >= 0.3 is 0 Å². The highest BCUT2D eigenvalue weighted by Gasteiger charge is 2.23. The third kappa shape index (κ3) is 2.91. The van der Waals surface area contributed by atoms with E-state index >= 15 is 0 Å². The summed E-state index contributed by atoms with van der Waals surface area (Å²) in [6, 6.07) is 12.8. The summed E-state index contributed by atoms with van der Waals surface area (Å²) in [5.41, 5.74) is 3.95. The van der Waals surface area contributed by atoms with E-state index < -0.39 is 0 Å². The van der Waals surface area contributed by atoms with Gasteiger partial charge < -0.3 is 4.90 Å². The highest BCUT2D eigenvalue weighted by atomic mass is 19.1. The molecule has 3 aromatic rings. The van der Waals surface area contributed by atoms with Crippen molar-refractivity contribution in [2.45, 2.75) is 19.9 Å². The zero-order valence-corrected chi connectivity index (χ0v) is 13.8. The maximum atomic E-state index is 13.4. The number of carbonyl (C=O) groups is 1. The SMILES string of the molecule is Cc1cc(-n2cc(C(=O)N3CCc4ccccc4C3)nn2)ccc1F. The summed E-state index contributed by atoms with van der Waals surface area (Å²) in [4.78, 5) is 14.5. The summed E-state index contributed by atoms with van der Waals surface area (Å²) in [5, 5.41) is 8.02. The molecule has 4 rings (SSSR count). The smallest absolute Gasteiger partial charge is 0.276 e. The van der Waals surface area contributed by atoms with Crippen molar-refractivity contribution in [3.05, 3.63) is 76.9 Å². The Kier molecular flexibility index (Phi) is 3.80. The standard InChI is InChI=1S/C19H17FN4O/c1-13-10-16(6-7-17(13)20)24-12-18(21-22-24)19(25)23-9-8-14-4-2-3-5-15(14)11-23/h2-7,10,12H,8-9,11H2,1H3. The molecule has 5 nitrogen and oxygen atoms in total. The topological polar surface area (TPSA) is 51.0 Å². The maximum Gasteiger partial charge on any atom is 0.276 e. The first-order valence-electron chi connectivity index (χ1n) is 8.17. The number of benzene rings is 2. The molecule has 0 saturated carbocycles. The summed E-state index contributed by atoms with van der Waals surface area (Å²) >= 11 is 0. The fourth-order valence-corrected chi connectivity index (χ4v) is 3.09. The predicted octanol–water partition coefficient (Wildman–Crippen LogP) is 2.91. The number of hydrogen-bond donors (Lipinski definition) is 0. The first-order valence-corrected chi connectivity index (χ1v) is 8.17. The van der Waals surface area contributed by atoms with E-state index in [-0.39, 0.29) is 11.7 Å². The molecular weight excluding hydrogens is 319 g/mol. The molecule has 126 valence electrons. The molecular formula is C19H17FN4O. The molecule has 2 heterocycles. The van der Waals surface area contributed by atoms with Crippen LogP contribution in [0.5, 0.6) is 0 Å². The molecule has 0 unspecified atom stereocenters. The van der Waals surface area contributed by atoms with Gasteiger partial charge in [-0.3, -0.25) is 4.79 Å². The van der Waals surface area contributed by atoms with Gasteiger partial charge in [0.15, 0.2) is 5.69 Å². The number of carbonyl (C=O) groups excluding carboxylic acids is 1. The first kappa shape index (κ1) is 15.5. The summed E-state index contributed by atoms with van der Waals surface area (Å²) in [7, 11) is 0.